The number of aliphatic hydroxyl groups is 1. The van der Waals surface area contributed by atoms with Crippen molar-refractivity contribution in [1.82, 2.24) is 14.7 Å². The van der Waals surface area contributed by atoms with Gasteiger partial charge in [0.15, 0.2) is 0 Å². The minimum atomic E-state index is -0.693. The molecule has 1 atom stereocenters. The quantitative estimate of drug-likeness (QED) is 0.716. The van der Waals surface area contributed by atoms with Gasteiger partial charge < -0.3 is 14.7 Å². The number of nitrogens with zero attached hydrogens (tertiary/aromatic N) is 3. The number of ether oxygens (including phenoxy) is 1. The highest BCUT2D eigenvalue weighted by Crippen LogP contribution is 2.18. The first kappa shape index (κ1) is 18.0. The van der Waals surface area contributed by atoms with Crippen LogP contribution in [0.4, 0.5) is 0 Å². The van der Waals surface area contributed by atoms with Gasteiger partial charge in [0.05, 0.1) is 19.3 Å². The van der Waals surface area contributed by atoms with E-state index < -0.39 is 6.10 Å². The number of likely N-dealkylation sites (N-methyl/N-ethyl adjacent to an activating group) is 1. The third-order valence-electron chi connectivity index (χ3n) is 3.86. The van der Waals surface area contributed by atoms with Gasteiger partial charge in [-0.3, -0.25) is 9.48 Å². The van der Waals surface area contributed by atoms with Gasteiger partial charge >= 0.3 is 0 Å². The predicted octanol–water partition coefficient (Wildman–Crippen LogP) is 2.25. The first-order chi connectivity index (χ1) is 11.6. The van der Waals surface area contributed by atoms with Crippen LogP contribution >= 0.6 is 0 Å². The van der Waals surface area contributed by atoms with E-state index in [4.69, 9.17) is 4.74 Å². The number of hydrogen-bond donors (Lipinski definition) is 1. The van der Waals surface area contributed by atoms with Gasteiger partial charge in [0.2, 0.25) is 5.91 Å². The second-order valence-electron chi connectivity index (χ2n) is 5.81. The molecule has 0 unspecified atom stereocenters. The normalized spacial score (nSPS) is 12.0. The molecule has 0 aliphatic heterocycles. The molecule has 1 amide bonds. The van der Waals surface area contributed by atoms with Crippen molar-refractivity contribution in [3.63, 3.8) is 0 Å². The van der Waals surface area contributed by atoms with Crippen LogP contribution < -0.4 is 4.74 Å². The summed E-state index contributed by atoms with van der Waals surface area (Å²) in [5, 5.41) is 14.3. The summed E-state index contributed by atoms with van der Waals surface area (Å²) < 4.78 is 7.61. The van der Waals surface area contributed by atoms with Gasteiger partial charge in [0.25, 0.3) is 0 Å². The van der Waals surface area contributed by atoms with Crippen LogP contribution in [0.2, 0.25) is 0 Å². The van der Waals surface area contributed by atoms with E-state index in [1.54, 1.807) is 13.2 Å². The highest BCUT2D eigenvalue weighted by atomic mass is 16.5. The average Bonchev–Trinajstić information content (AvgIpc) is 3.08. The maximum atomic E-state index is 11.2. The maximum absolute atomic E-state index is 11.2. The SMILES string of the molecule is CC(=O)N(C)C[C@H](O)c1ccc(OCCCCn2cccn2)cc1. The predicted molar refractivity (Wildman–Crippen MR) is 91.7 cm³/mol. The Bertz CT molecular complexity index is 611. The summed E-state index contributed by atoms with van der Waals surface area (Å²) in [4.78, 5) is 12.7. The minimum absolute atomic E-state index is 0.0656. The number of aryl methyl sites for hydroxylation is 1. The molecule has 0 spiro atoms. The van der Waals surface area contributed by atoms with Crippen LogP contribution in [0, 0.1) is 0 Å². The minimum Gasteiger partial charge on any atom is -0.494 e. The Morgan fingerprint density at radius 1 is 1.33 bits per heavy atom. The Kier molecular flexibility index (Phi) is 6.81. The van der Waals surface area contributed by atoms with Gasteiger partial charge in [-0.15, -0.1) is 0 Å². The summed E-state index contributed by atoms with van der Waals surface area (Å²) in [5.74, 6) is 0.717. The van der Waals surface area contributed by atoms with Crippen LogP contribution in [0.15, 0.2) is 42.7 Å². The Labute approximate surface area is 142 Å². The van der Waals surface area contributed by atoms with E-state index in [1.807, 2.05) is 41.2 Å². The van der Waals surface area contributed by atoms with Crippen molar-refractivity contribution >= 4 is 5.91 Å². The molecule has 0 aliphatic carbocycles. The van der Waals surface area contributed by atoms with Crippen LogP contribution in [0.25, 0.3) is 0 Å². The van der Waals surface area contributed by atoms with E-state index in [2.05, 4.69) is 5.10 Å². The van der Waals surface area contributed by atoms with Crippen molar-refractivity contribution < 1.29 is 14.6 Å². The van der Waals surface area contributed by atoms with E-state index >= 15 is 0 Å². The van der Waals surface area contributed by atoms with E-state index in [-0.39, 0.29) is 12.5 Å². The fourth-order valence-electron chi connectivity index (χ4n) is 2.28. The second-order valence-corrected chi connectivity index (χ2v) is 5.81. The van der Waals surface area contributed by atoms with Crippen LogP contribution in [0.1, 0.15) is 31.4 Å². The van der Waals surface area contributed by atoms with Gasteiger partial charge in [-0.25, -0.2) is 0 Å². The smallest absolute Gasteiger partial charge is 0.219 e. The van der Waals surface area contributed by atoms with E-state index in [1.165, 1.54) is 11.8 Å². The number of aliphatic hydroxyl groups excluding tert-OH is 1. The highest BCUT2D eigenvalue weighted by Gasteiger charge is 2.12. The first-order valence-corrected chi connectivity index (χ1v) is 8.16. The van der Waals surface area contributed by atoms with Crippen molar-refractivity contribution in [3.8, 4) is 5.75 Å². The molecule has 0 bridgehead atoms. The van der Waals surface area contributed by atoms with E-state index in [0.29, 0.717) is 6.61 Å². The molecule has 0 radical (unpaired) electrons. The summed E-state index contributed by atoms with van der Waals surface area (Å²) in [6, 6.07) is 9.27. The molecule has 2 rings (SSSR count). The molecular formula is C18H25N3O3. The number of carbonyl (C=O) groups is 1. The number of benzene rings is 1. The number of unbranched alkanes of at least 4 members (excludes halogenated alkanes) is 1. The van der Waals surface area contributed by atoms with Crippen molar-refractivity contribution in [2.45, 2.75) is 32.4 Å². The lowest BCUT2D eigenvalue weighted by atomic mass is 10.1. The molecule has 0 fully saturated rings. The molecule has 24 heavy (non-hydrogen) atoms. The summed E-state index contributed by atoms with van der Waals surface area (Å²) in [6.45, 7) is 3.31. The van der Waals surface area contributed by atoms with E-state index in [9.17, 15) is 9.90 Å². The highest BCUT2D eigenvalue weighted by molar-refractivity contribution is 5.72. The Morgan fingerprint density at radius 3 is 2.71 bits per heavy atom. The molecule has 1 N–H and O–H groups in total. The maximum Gasteiger partial charge on any atom is 0.219 e. The van der Waals surface area contributed by atoms with Crippen LogP contribution in [-0.4, -0.2) is 45.9 Å². The number of rotatable bonds is 9. The zero-order chi connectivity index (χ0) is 17.4. The van der Waals surface area contributed by atoms with Crippen LogP contribution in [0.5, 0.6) is 5.75 Å². The summed E-state index contributed by atoms with van der Waals surface area (Å²) >= 11 is 0. The first-order valence-electron chi connectivity index (χ1n) is 8.16. The zero-order valence-electron chi connectivity index (χ0n) is 14.3. The Balaban J connectivity index is 1.70. The number of aromatic nitrogens is 2. The van der Waals surface area contributed by atoms with Crippen LogP contribution in [0.3, 0.4) is 0 Å². The number of amides is 1. The molecule has 0 aliphatic rings. The molecule has 0 saturated carbocycles. The van der Waals surface area contributed by atoms with Gasteiger partial charge in [0, 0.05) is 32.9 Å². The molecule has 6 heteroatoms. The Hall–Kier alpha value is -2.34. The van der Waals surface area contributed by atoms with Gasteiger partial charge in [-0.2, -0.15) is 5.10 Å². The standard InChI is InChI=1S/C18H25N3O3/c1-15(22)20(2)14-18(23)16-6-8-17(9-7-16)24-13-4-3-11-21-12-5-10-19-21/h5-10,12,18,23H,3-4,11,13-14H2,1-2H3/t18-/m0/s1. The zero-order valence-corrected chi connectivity index (χ0v) is 14.3. The van der Waals surface area contributed by atoms with Crippen LogP contribution in [-0.2, 0) is 11.3 Å². The molecule has 2 aromatic rings. The molecule has 1 aromatic heterocycles. The van der Waals surface area contributed by atoms with Crippen molar-refractivity contribution in [2.75, 3.05) is 20.2 Å². The lowest BCUT2D eigenvalue weighted by Gasteiger charge is -2.19. The van der Waals surface area contributed by atoms with Gasteiger partial charge in [-0.05, 0) is 36.6 Å². The lowest BCUT2D eigenvalue weighted by Crippen LogP contribution is -2.28. The molecule has 130 valence electrons. The van der Waals surface area contributed by atoms with Gasteiger partial charge in [0.1, 0.15) is 5.75 Å². The number of carbonyl (C=O) groups excluding carboxylic acids is 1. The monoisotopic (exact) mass is 331 g/mol. The average molecular weight is 331 g/mol. The Morgan fingerprint density at radius 2 is 2.08 bits per heavy atom. The molecule has 1 aromatic carbocycles. The van der Waals surface area contributed by atoms with Gasteiger partial charge in [-0.1, -0.05) is 12.1 Å². The fraction of sp³-hybridized carbons (Fsp3) is 0.444. The number of hydrogen-bond acceptors (Lipinski definition) is 4. The summed E-state index contributed by atoms with van der Waals surface area (Å²) in [7, 11) is 1.67. The van der Waals surface area contributed by atoms with Crippen molar-refractivity contribution in [1.29, 1.82) is 0 Å². The molecular weight excluding hydrogens is 306 g/mol. The molecule has 1 heterocycles. The second kappa shape index (κ2) is 9.08. The lowest BCUT2D eigenvalue weighted by molar-refractivity contribution is -0.128. The summed E-state index contributed by atoms with van der Waals surface area (Å²) in [6.07, 6.45) is 5.00. The third kappa shape index (κ3) is 5.70. The summed E-state index contributed by atoms with van der Waals surface area (Å²) in [5.41, 5.74) is 0.772. The molecule has 6 nitrogen and oxygen atoms in total. The van der Waals surface area contributed by atoms with Crippen molar-refractivity contribution in [3.05, 3.63) is 48.3 Å². The van der Waals surface area contributed by atoms with E-state index in [0.717, 1.165) is 30.7 Å². The molecule has 0 saturated heterocycles. The third-order valence-corrected chi connectivity index (χ3v) is 3.86. The fourth-order valence-corrected chi connectivity index (χ4v) is 2.28. The largest absolute Gasteiger partial charge is 0.494 e. The van der Waals surface area contributed by atoms with Crippen molar-refractivity contribution in [2.24, 2.45) is 0 Å². The topological polar surface area (TPSA) is 67.6 Å².